The van der Waals surface area contributed by atoms with Crippen molar-refractivity contribution in [3.05, 3.63) is 45.6 Å². The van der Waals surface area contributed by atoms with Gasteiger partial charge in [0.15, 0.2) is 6.61 Å². The van der Waals surface area contributed by atoms with Gasteiger partial charge >= 0.3 is 10.1 Å². The van der Waals surface area contributed by atoms with E-state index in [-0.39, 0.29) is 12.4 Å². The Morgan fingerprint density at radius 2 is 2.00 bits per heavy atom. The van der Waals surface area contributed by atoms with Crippen LogP contribution in [0.5, 0.6) is 5.75 Å². The third-order valence-corrected chi connectivity index (χ3v) is 4.20. The summed E-state index contributed by atoms with van der Waals surface area (Å²) in [6.45, 7) is 3.49. The Hall–Kier alpha value is -2.17. The minimum Gasteiger partial charge on any atom is -0.483 e. The lowest BCUT2D eigenvalue weighted by Gasteiger charge is -2.11. The number of amides is 1. The summed E-state index contributed by atoms with van der Waals surface area (Å²) in [5.41, 5.74) is 4.00. The average molecular weight is 431 g/mol. The van der Waals surface area contributed by atoms with Crippen LogP contribution in [0.25, 0.3) is 0 Å². The molecule has 0 unspecified atom stereocenters. The topological polar surface area (TPSA) is 118 Å². The highest BCUT2D eigenvalue weighted by molar-refractivity contribution is 9.10. The number of ether oxygens (including phenoxy) is 1. The first-order valence-electron chi connectivity index (χ1n) is 6.95. The van der Waals surface area contributed by atoms with Crippen LogP contribution in [-0.4, -0.2) is 31.7 Å². The predicted octanol–water partition coefficient (Wildman–Crippen LogP) is 2.43. The molecular weight excluding hydrogens is 416 g/mol. The van der Waals surface area contributed by atoms with E-state index in [1.54, 1.807) is 0 Å². The summed E-state index contributed by atoms with van der Waals surface area (Å²) in [7, 11) is -4.41. The van der Waals surface area contributed by atoms with E-state index in [0.717, 1.165) is 27.9 Å². The SMILES string of the molecule is Cc1cc(Br)cc(C)c1OCC(=O)NN=Cc1ccc(S(=O)(=O)O)o1. The van der Waals surface area contributed by atoms with E-state index in [1.165, 1.54) is 6.07 Å². The molecule has 0 atom stereocenters. The van der Waals surface area contributed by atoms with Crippen LogP contribution < -0.4 is 10.2 Å². The van der Waals surface area contributed by atoms with E-state index >= 15 is 0 Å². The van der Waals surface area contributed by atoms with Crippen LogP contribution in [0.2, 0.25) is 0 Å². The fraction of sp³-hybridized carbons (Fsp3) is 0.200. The summed E-state index contributed by atoms with van der Waals surface area (Å²) >= 11 is 3.38. The summed E-state index contributed by atoms with van der Waals surface area (Å²) in [6, 6.07) is 6.11. The molecule has 0 radical (unpaired) electrons. The quantitative estimate of drug-likeness (QED) is 0.412. The summed E-state index contributed by atoms with van der Waals surface area (Å²) in [5, 5.41) is 3.02. The Morgan fingerprint density at radius 1 is 1.36 bits per heavy atom. The lowest BCUT2D eigenvalue weighted by atomic mass is 10.1. The van der Waals surface area contributed by atoms with Crippen molar-refractivity contribution in [2.75, 3.05) is 6.61 Å². The summed E-state index contributed by atoms with van der Waals surface area (Å²) < 4.78 is 41.7. The zero-order valence-corrected chi connectivity index (χ0v) is 15.7. The van der Waals surface area contributed by atoms with Crippen LogP contribution in [0.3, 0.4) is 0 Å². The molecule has 0 spiro atoms. The minimum atomic E-state index is -4.41. The lowest BCUT2D eigenvalue weighted by molar-refractivity contribution is -0.123. The van der Waals surface area contributed by atoms with Crippen molar-refractivity contribution in [2.24, 2.45) is 5.10 Å². The zero-order chi connectivity index (χ0) is 18.6. The van der Waals surface area contributed by atoms with E-state index in [9.17, 15) is 13.2 Å². The number of hydrogen-bond acceptors (Lipinski definition) is 6. The van der Waals surface area contributed by atoms with E-state index in [1.807, 2.05) is 26.0 Å². The Balaban J connectivity index is 1.90. The van der Waals surface area contributed by atoms with E-state index in [0.29, 0.717) is 5.75 Å². The monoisotopic (exact) mass is 430 g/mol. The molecule has 0 saturated carbocycles. The number of aryl methyl sites for hydroxylation is 2. The van der Waals surface area contributed by atoms with Crippen LogP contribution in [0.15, 0.2) is 43.3 Å². The van der Waals surface area contributed by atoms with Gasteiger partial charge < -0.3 is 9.15 Å². The third-order valence-electron chi connectivity index (χ3n) is 3.01. The molecule has 1 aromatic heterocycles. The average Bonchev–Trinajstić information content (AvgIpc) is 2.95. The summed E-state index contributed by atoms with van der Waals surface area (Å²) in [5.74, 6) is 0.166. The molecular formula is C15H15BrN2O6S. The molecule has 0 bridgehead atoms. The van der Waals surface area contributed by atoms with Gasteiger partial charge in [0.2, 0.25) is 5.09 Å². The molecule has 2 N–H and O–H groups in total. The van der Waals surface area contributed by atoms with Gasteiger partial charge in [-0.15, -0.1) is 0 Å². The zero-order valence-electron chi connectivity index (χ0n) is 13.3. The second-order valence-corrected chi connectivity index (χ2v) is 7.35. The van der Waals surface area contributed by atoms with Crippen molar-refractivity contribution in [1.29, 1.82) is 0 Å². The van der Waals surface area contributed by atoms with Gasteiger partial charge in [0.05, 0.1) is 6.21 Å². The molecule has 2 rings (SSSR count). The molecule has 0 fully saturated rings. The van der Waals surface area contributed by atoms with Gasteiger partial charge in [-0.05, 0) is 49.2 Å². The predicted molar refractivity (Wildman–Crippen MR) is 93.4 cm³/mol. The van der Waals surface area contributed by atoms with Crippen molar-refractivity contribution in [1.82, 2.24) is 5.43 Å². The minimum absolute atomic E-state index is 0.0495. The maximum atomic E-state index is 11.7. The fourth-order valence-electron chi connectivity index (χ4n) is 2.01. The van der Waals surface area contributed by atoms with Gasteiger partial charge in [0.25, 0.3) is 5.91 Å². The van der Waals surface area contributed by atoms with Crippen LogP contribution >= 0.6 is 15.9 Å². The maximum absolute atomic E-state index is 11.7. The fourth-order valence-corrected chi connectivity index (χ4v) is 3.13. The van der Waals surface area contributed by atoms with Crippen LogP contribution in [0, 0.1) is 13.8 Å². The van der Waals surface area contributed by atoms with E-state index < -0.39 is 21.1 Å². The molecule has 10 heteroatoms. The number of hydrazone groups is 1. The number of carbonyl (C=O) groups is 1. The molecule has 0 saturated heterocycles. The molecule has 134 valence electrons. The number of benzene rings is 1. The summed E-state index contributed by atoms with van der Waals surface area (Å²) in [4.78, 5) is 11.7. The largest absolute Gasteiger partial charge is 0.483 e. The number of rotatable bonds is 6. The maximum Gasteiger partial charge on any atom is 0.328 e. The highest BCUT2D eigenvalue weighted by atomic mass is 79.9. The second-order valence-electron chi connectivity index (χ2n) is 5.08. The van der Waals surface area contributed by atoms with E-state index in [4.69, 9.17) is 13.7 Å². The van der Waals surface area contributed by atoms with Gasteiger partial charge in [-0.25, -0.2) is 5.43 Å². The molecule has 8 nitrogen and oxygen atoms in total. The van der Waals surface area contributed by atoms with Crippen molar-refractivity contribution >= 4 is 38.2 Å². The van der Waals surface area contributed by atoms with Crippen molar-refractivity contribution in [3.63, 3.8) is 0 Å². The van der Waals surface area contributed by atoms with Gasteiger partial charge in [-0.3, -0.25) is 9.35 Å². The van der Waals surface area contributed by atoms with Crippen molar-refractivity contribution in [2.45, 2.75) is 18.9 Å². The number of nitrogens with zero attached hydrogens (tertiary/aromatic N) is 1. The number of nitrogens with one attached hydrogen (secondary N) is 1. The third kappa shape index (κ3) is 5.41. The Kier molecular flexibility index (Phi) is 5.98. The molecule has 1 aromatic carbocycles. The molecule has 1 heterocycles. The van der Waals surface area contributed by atoms with Crippen LogP contribution in [0.4, 0.5) is 0 Å². The first-order valence-corrected chi connectivity index (χ1v) is 9.19. The van der Waals surface area contributed by atoms with Gasteiger partial charge in [0, 0.05) is 4.47 Å². The van der Waals surface area contributed by atoms with Gasteiger partial charge in [-0.1, -0.05) is 15.9 Å². The number of hydrogen-bond donors (Lipinski definition) is 2. The first kappa shape index (κ1) is 19.2. The van der Waals surface area contributed by atoms with Crippen LogP contribution in [0.1, 0.15) is 16.9 Å². The summed E-state index contributed by atoms with van der Waals surface area (Å²) in [6.07, 6.45) is 1.10. The van der Waals surface area contributed by atoms with Gasteiger partial charge in [-0.2, -0.15) is 13.5 Å². The smallest absolute Gasteiger partial charge is 0.328 e. The lowest BCUT2D eigenvalue weighted by Crippen LogP contribution is -2.25. The highest BCUT2D eigenvalue weighted by Crippen LogP contribution is 2.27. The van der Waals surface area contributed by atoms with E-state index in [2.05, 4.69) is 26.5 Å². The molecule has 0 aliphatic heterocycles. The highest BCUT2D eigenvalue weighted by Gasteiger charge is 2.14. The Bertz CT molecular complexity index is 897. The molecule has 0 aliphatic rings. The second kappa shape index (κ2) is 7.81. The van der Waals surface area contributed by atoms with Crippen molar-refractivity contribution < 1.29 is 26.9 Å². The molecule has 25 heavy (non-hydrogen) atoms. The Labute approximate surface area is 152 Å². The standard InChI is InChI=1S/C15H15BrN2O6S/c1-9-5-11(16)6-10(2)15(9)23-8-13(19)18-17-7-12-3-4-14(24-12)25(20,21)22/h3-7H,8H2,1-2H3,(H,18,19)(H,20,21,22). The molecule has 0 aliphatic carbocycles. The number of furan rings is 1. The number of carbonyl (C=O) groups excluding carboxylic acids is 1. The van der Waals surface area contributed by atoms with Gasteiger partial charge in [0.1, 0.15) is 11.5 Å². The van der Waals surface area contributed by atoms with Crippen molar-refractivity contribution in [3.8, 4) is 5.75 Å². The molecule has 2 aromatic rings. The first-order chi connectivity index (χ1) is 11.7. The number of halogens is 1. The van der Waals surface area contributed by atoms with Crippen LogP contribution in [-0.2, 0) is 14.9 Å². The Morgan fingerprint density at radius 3 is 2.56 bits per heavy atom. The molecule has 1 amide bonds. The normalized spacial score (nSPS) is 11.7.